The molecule has 0 saturated heterocycles. The summed E-state index contributed by atoms with van der Waals surface area (Å²) in [6.07, 6.45) is 13.0. The summed E-state index contributed by atoms with van der Waals surface area (Å²) in [4.78, 5) is 0. The van der Waals surface area contributed by atoms with Crippen LogP contribution in [0.2, 0.25) is 0 Å². The third kappa shape index (κ3) is 2.02. The van der Waals surface area contributed by atoms with Gasteiger partial charge in [-0.1, -0.05) is 19.9 Å². The zero-order chi connectivity index (χ0) is 16.2. The first-order valence-electron chi connectivity index (χ1n) is 9.84. The predicted molar refractivity (Wildman–Crippen MR) is 91.4 cm³/mol. The van der Waals surface area contributed by atoms with Crippen molar-refractivity contribution in [2.24, 2.45) is 34.5 Å². The first-order valence-corrected chi connectivity index (χ1v) is 9.84. The van der Waals surface area contributed by atoms with Crippen LogP contribution in [0.15, 0.2) is 11.6 Å². The van der Waals surface area contributed by atoms with Crippen LogP contribution in [-0.4, -0.2) is 11.2 Å². The fourth-order valence-corrected chi connectivity index (χ4v) is 7.48. The Morgan fingerprint density at radius 1 is 1.22 bits per heavy atom. The molecule has 0 radical (unpaired) electrons. The van der Waals surface area contributed by atoms with Crippen molar-refractivity contribution in [2.75, 3.05) is 0 Å². The van der Waals surface area contributed by atoms with Crippen molar-refractivity contribution in [1.82, 2.24) is 0 Å². The molecule has 7 atom stereocenters. The minimum Gasteiger partial charge on any atom is -0.393 e. The van der Waals surface area contributed by atoms with Gasteiger partial charge in [0, 0.05) is 11.0 Å². The predicted octanol–water partition coefficient (Wildman–Crippen LogP) is 4.84. The van der Waals surface area contributed by atoms with Crippen LogP contribution < -0.4 is 0 Å². The molecule has 4 aliphatic rings. The highest BCUT2D eigenvalue weighted by Crippen LogP contribution is 2.67. The molecule has 23 heavy (non-hydrogen) atoms. The molecule has 0 aromatic rings. The molecule has 4 aliphatic carbocycles. The molecule has 0 aromatic heterocycles. The van der Waals surface area contributed by atoms with Gasteiger partial charge >= 0.3 is 0 Å². The normalized spacial score (nSPS) is 51.9. The summed E-state index contributed by atoms with van der Waals surface area (Å²) in [5.41, 5.74) is 1.72. The third-order valence-corrected chi connectivity index (χ3v) is 8.70. The molecule has 0 heterocycles. The zero-order valence-corrected chi connectivity index (χ0v) is 14.7. The monoisotopic (exact) mass is 313 g/mol. The van der Waals surface area contributed by atoms with E-state index in [0.29, 0.717) is 11.3 Å². The summed E-state index contributed by atoms with van der Waals surface area (Å²) in [6.45, 7) is 4.76. The molecule has 1 N–H and O–H groups in total. The lowest BCUT2D eigenvalue weighted by atomic mass is 9.43. The van der Waals surface area contributed by atoms with Gasteiger partial charge in [-0.3, -0.25) is 0 Å². The Labute approximate surface area is 141 Å². The first kappa shape index (κ1) is 15.7. The molecule has 3 saturated carbocycles. The van der Waals surface area contributed by atoms with Gasteiger partial charge in [0.2, 0.25) is 0 Å². The molecular formula is C21H31NO. The number of fused-ring (bicyclic) bond motifs is 5. The van der Waals surface area contributed by atoms with Crippen LogP contribution in [0.4, 0.5) is 0 Å². The standard InChI is InChI=1S/C21H31NO/c1-3-21-11-8-16(23)12-14(21)4-6-17-18-7-5-15(13-22)20(18,2)10-9-19(17)21/h5,14,16-19,23H,3-4,6-12H2,1-2H3/t14-,16+,17-,18-,19-,20+,21-/m0/s1. The third-order valence-electron chi connectivity index (χ3n) is 8.70. The minimum absolute atomic E-state index is 0.0524. The van der Waals surface area contributed by atoms with Gasteiger partial charge in [0.05, 0.1) is 12.2 Å². The molecular weight excluding hydrogens is 282 g/mol. The molecule has 126 valence electrons. The number of nitrogens with zero attached hydrogens (tertiary/aromatic N) is 1. The highest BCUT2D eigenvalue weighted by atomic mass is 16.3. The van der Waals surface area contributed by atoms with Crippen LogP contribution in [-0.2, 0) is 0 Å². The van der Waals surface area contributed by atoms with E-state index >= 15 is 0 Å². The largest absolute Gasteiger partial charge is 0.393 e. The SMILES string of the molecule is CC[C@]12CC[C@@H](O)C[C@@H]1CC[C@@H]1[C@@H]2CC[C@]2(C)C(C#N)=CC[C@@H]12. The van der Waals surface area contributed by atoms with Gasteiger partial charge in [0.15, 0.2) is 0 Å². The molecule has 3 fully saturated rings. The fraction of sp³-hybridized carbons (Fsp3) is 0.857. The fourth-order valence-electron chi connectivity index (χ4n) is 7.48. The van der Waals surface area contributed by atoms with Gasteiger partial charge in [-0.05, 0) is 86.9 Å². The molecule has 0 aromatic carbocycles. The van der Waals surface area contributed by atoms with Gasteiger partial charge in [-0.2, -0.15) is 5.26 Å². The number of hydrogen-bond acceptors (Lipinski definition) is 2. The van der Waals surface area contributed by atoms with Crippen molar-refractivity contribution < 1.29 is 5.11 Å². The summed E-state index contributed by atoms with van der Waals surface area (Å²) in [7, 11) is 0. The van der Waals surface area contributed by atoms with Crippen molar-refractivity contribution in [1.29, 1.82) is 5.26 Å². The summed E-state index contributed by atoms with van der Waals surface area (Å²) in [5.74, 6) is 3.09. The van der Waals surface area contributed by atoms with Gasteiger partial charge in [-0.25, -0.2) is 0 Å². The molecule has 2 nitrogen and oxygen atoms in total. The lowest BCUT2D eigenvalue weighted by Crippen LogP contribution is -2.54. The van der Waals surface area contributed by atoms with Crippen LogP contribution in [0.3, 0.4) is 0 Å². The number of aliphatic hydroxyl groups excluding tert-OH is 1. The average Bonchev–Trinajstić information content (AvgIpc) is 2.90. The van der Waals surface area contributed by atoms with E-state index in [9.17, 15) is 10.4 Å². The molecule has 2 heteroatoms. The molecule has 4 rings (SSSR count). The van der Waals surface area contributed by atoms with E-state index in [1.165, 1.54) is 38.5 Å². The van der Waals surface area contributed by atoms with Crippen molar-refractivity contribution in [3.05, 3.63) is 11.6 Å². The quantitative estimate of drug-likeness (QED) is 0.752. The van der Waals surface area contributed by atoms with Crippen LogP contribution in [0.25, 0.3) is 0 Å². The number of hydrogen-bond donors (Lipinski definition) is 1. The van der Waals surface area contributed by atoms with E-state index < -0.39 is 0 Å². The van der Waals surface area contributed by atoms with Crippen LogP contribution >= 0.6 is 0 Å². The van der Waals surface area contributed by atoms with E-state index in [1.807, 2.05) is 0 Å². The second-order valence-electron chi connectivity index (χ2n) is 9.09. The summed E-state index contributed by atoms with van der Waals surface area (Å²) >= 11 is 0. The maximum atomic E-state index is 10.2. The Balaban J connectivity index is 1.66. The van der Waals surface area contributed by atoms with Gasteiger partial charge in [0.25, 0.3) is 0 Å². The number of allylic oxidation sites excluding steroid dienone is 2. The Morgan fingerprint density at radius 3 is 2.78 bits per heavy atom. The lowest BCUT2D eigenvalue weighted by Gasteiger charge is -2.61. The molecule has 0 amide bonds. The summed E-state index contributed by atoms with van der Waals surface area (Å²) in [6, 6.07) is 2.51. The summed E-state index contributed by atoms with van der Waals surface area (Å²) < 4.78 is 0. The van der Waals surface area contributed by atoms with Crippen molar-refractivity contribution >= 4 is 0 Å². The number of nitriles is 1. The Bertz CT molecular complexity index is 561. The Kier molecular flexibility index (Phi) is 3.65. The van der Waals surface area contributed by atoms with E-state index in [4.69, 9.17) is 0 Å². The summed E-state index contributed by atoms with van der Waals surface area (Å²) in [5, 5.41) is 19.7. The van der Waals surface area contributed by atoms with Crippen molar-refractivity contribution in [2.45, 2.75) is 77.7 Å². The van der Waals surface area contributed by atoms with E-state index in [2.05, 4.69) is 26.0 Å². The van der Waals surface area contributed by atoms with Gasteiger partial charge in [-0.15, -0.1) is 0 Å². The van der Waals surface area contributed by atoms with Gasteiger partial charge < -0.3 is 5.11 Å². The van der Waals surface area contributed by atoms with E-state index in [-0.39, 0.29) is 11.5 Å². The van der Waals surface area contributed by atoms with Crippen LogP contribution in [0.1, 0.15) is 71.6 Å². The molecule has 0 spiro atoms. The second-order valence-corrected chi connectivity index (χ2v) is 9.09. The highest BCUT2D eigenvalue weighted by molar-refractivity contribution is 5.35. The van der Waals surface area contributed by atoms with E-state index in [1.54, 1.807) is 0 Å². The molecule has 0 bridgehead atoms. The van der Waals surface area contributed by atoms with E-state index in [0.717, 1.165) is 42.6 Å². The highest BCUT2D eigenvalue weighted by Gasteiger charge is 2.59. The van der Waals surface area contributed by atoms with Crippen molar-refractivity contribution in [3.63, 3.8) is 0 Å². The Hall–Kier alpha value is -0.810. The van der Waals surface area contributed by atoms with Crippen LogP contribution in [0.5, 0.6) is 0 Å². The molecule has 0 aliphatic heterocycles. The maximum Gasteiger partial charge on any atom is 0.0949 e. The zero-order valence-electron chi connectivity index (χ0n) is 14.7. The lowest BCUT2D eigenvalue weighted by molar-refractivity contribution is -0.128. The smallest absolute Gasteiger partial charge is 0.0949 e. The van der Waals surface area contributed by atoms with Crippen LogP contribution in [0, 0.1) is 45.8 Å². The maximum absolute atomic E-state index is 10.2. The van der Waals surface area contributed by atoms with Gasteiger partial charge in [0.1, 0.15) is 0 Å². The van der Waals surface area contributed by atoms with Crippen molar-refractivity contribution in [3.8, 4) is 6.07 Å². The Morgan fingerprint density at radius 2 is 2.04 bits per heavy atom. The topological polar surface area (TPSA) is 44.0 Å². The average molecular weight is 313 g/mol. The number of rotatable bonds is 1. The molecule has 0 unspecified atom stereocenters. The first-order chi connectivity index (χ1) is 11.0. The number of aliphatic hydroxyl groups is 1. The second kappa shape index (κ2) is 5.35. The minimum atomic E-state index is -0.0524.